The fourth-order valence-corrected chi connectivity index (χ4v) is 5.71. The highest BCUT2D eigenvalue weighted by Crippen LogP contribution is 2.30. The van der Waals surface area contributed by atoms with Crippen LogP contribution in [-0.2, 0) is 22.6 Å². The lowest BCUT2D eigenvalue weighted by atomic mass is 9.97. The number of aryl methyl sites for hydroxylation is 1. The Morgan fingerprint density at radius 2 is 1.82 bits per heavy atom. The van der Waals surface area contributed by atoms with Crippen molar-refractivity contribution in [1.82, 2.24) is 14.1 Å². The molecule has 2 aromatic carbocycles. The molecule has 4 rings (SSSR count). The number of hydrogen-bond acceptors (Lipinski definition) is 6. The zero-order chi connectivity index (χ0) is 24.3. The molecule has 0 atom stereocenters. The monoisotopic (exact) mass is 510 g/mol. The molecule has 34 heavy (non-hydrogen) atoms. The molecule has 1 aromatic heterocycles. The highest BCUT2D eigenvalue weighted by Gasteiger charge is 2.32. The van der Waals surface area contributed by atoms with Crippen molar-refractivity contribution in [2.24, 2.45) is 5.92 Å². The number of nitrogens with zero attached hydrogens (tertiary/aromatic N) is 3. The number of alkyl halides is 3. The van der Waals surface area contributed by atoms with Gasteiger partial charge in [0.05, 0.1) is 10.5 Å². The summed E-state index contributed by atoms with van der Waals surface area (Å²) in [6, 6.07) is 12.1. The Hall–Kier alpha value is -2.50. The maximum Gasteiger partial charge on any atom is 0.416 e. The maximum atomic E-state index is 12.9. The molecule has 3 aromatic rings. The fourth-order valence-electron chi connectivity index (χ4n) is 3.81. The number of nitrogens with one attached hydrogen (secondary N) is 1. The van der Waals surface area contributed by atoms with E-state index in [9.17, 15) is 21.6 Å². The zero-order valence-electron chi connectivity index (χ0n) is 18.5. The Balaban J connectivity index is 1.29. The molecule has 0 spiro atoms. The molecule has 11 heteroatoms. The summed E-state index contributed by atoms with van der Waals surface area (Å²) in [4.78, 5) is 6.43. The van der Waals surface area contributed by atoms with Gasteiger partial charge in [-0.15, -0.1) is 0 Å². The van der Waals surface area contributed by atoms with Crippen molar-refractivity contribution in [3.05, 3.63) is 71.0 Å². The van der Waals surface area contributed by atoms with Crippen molar-refractivity contribution in [3.8, 4) is 0 Å². The molecule has 1 N–H and O–H groups in total. The molecule has 0 unspecified atom stereocenters. The lowest BCUT2D eigenvalue weighted by Crippen LogP contribution is -2.38. The molecule has 0 saturated carbocycles. The van der Waals surface area contributed by atoms with Crippen LogP contribution in [0.1, 0.15) is 35.4 Å². The molecule has 1 saturated heterocycles. The van der Waals surface area contributed by atoms with Crippen LogP contribution in [0, 0.1) is 12.8 Å². The number of sulfonamides is 1. The maximum absolute atomic E-state index is 12.9. The summed E-state index contributed by atoms with van der Waals surface area (Å²) in [7, 11) is -4.02. The minimum atomic E-state index is -4.59. The van der Waals surface area contributed by atoms with Crippen LogP contribution >= 0.6 is 11.5 Å². The second kappa shape index (κ2) is 10.0. The molecule has 0 radical (unpaired) electrons. The molecular formula is C23H25F3N4O2S2. The lowest BCUT2D eigenvalue weighted by molar-refractivity contribution is -0.137. The van der Waals surface area contributed by atoms with Crippen molar-refractivity contribution >= 4 is 26.7 Å². The highest BCUT2D eigenvalue weighted by atomic mass is 32.2. The molecule has 0 amide bonds. The first kappa shape index (κ1) is 24.6. The van der Waals surface area contributed by atoms with Gasteiger partial charge in [0.1, 0.15) is 5.82 Å². The third kappa shape index (κ3) is 6.13. The molecule has 1 aliphatic heterocycles. The van der Waals surface area contributed by atoms with Gasteiger partial charge in [-0.2, -0.15) is 17.5 Å². The van der Waals surface area contributed by atoms with Crippen LogP contribution in [0.3, 0.4) is 0 Å². The number of piperidine rings is 1. The van der Waals surface area contributed by atoms with Gasteiger partial charge in [0.25, 0.3) is 0 Å². The topological polar surface area (TPSA) is 75.2 Å². The predicted octanol–water partition coefficient (Wildman–Crippen LogP) is 4.65. The normalized spacial score (nSPS) is 15.6. The average Bonchev–Trinajstić information content (AvgIpc) is 3.28. The number of hydrogen-bond donors (Lipinski definition) is 1. The van der Waals surface area contributed by atoms with Gasteiger partial charge in [-0.05, 0) is 49.4 Å². The molecule has 1 aliphatic rings. The Morgan fingerprint density at radius 3 is 2.50 bits per heavy atom. The molecule has 0 aliphatic carbocycles. The van der Waals surface area contributed by atoms with E-state index in [1.807, 2.05) is 6.92 Å². The lowest BCUT2D eigenvalue weighted by Gasteiger charge is -2.31. The van der Waals surface area contributed by atoms with Gasteiger partial charge >= 0.3 is 6.18 Å². The molecule has 2 heterocycles. The van der Waals surface area contributed by atoms with E-state index >= 15 is 0 Å². The quantitative estimate of drug-likeness (QED) is 0.501. The summed E-state index contributed by atoms with van der Waals surface area (Å²) in [6.07, 6.45) is -2.43. The van der Waals surface area contributed by atoms with E-state index in [2.05, 4.69) is 43.2 Å². The van der Waals surface area contributed by atoms with E-state index in [0.717, 1.165) is 54.6 Å². The van der Waals surface area contributed by atoms with E-state index in [4.69, 9.17) is 0 Å². The van der Waals surface area contributed by atoms with Crippen molar-refractivity contribution in [3.63, 3.8) is 0 Å². The minimum Gasteiger partial charge on any atom is -0.347 e. The molecule has 182 valence electrons. The van der Waals surface area contributed by atoms with E-state index < -0.39 is 21.8 Å². The van der Waals surface area contributed by atoms with Crippen LogP contribution in [0.25, 0.3) is 0 Å². The second-order valence-corrected chi connectivity index (χ2v) is 11.0. The summed E-state index contributed by atoms with van der Waals surface area (Å²) < 4.78 is 70.7. The zero-order valence-corrected chi connectivity index (χ0v) is 20.2. The van der Waals surface area contributed by atoms with E-state index in [1.165, 1.54) is 23.2 Å². The van der Waals surface area contributed by atoms with Crippen LogP contribution in [0.5, 0.6) is 0 Å². The first-order valence-electron chi connectivity index (χ1n) is 10.9. The molecular weight excluding hydrogens is 485 g/mol. The van der Waals surface area contributed by atoms with Gasteiger partial charge in [0.15, 0.2) is 0 Å². The third-order valence-electron chi connectivity index (χ3n) is 5.86. The SMILES string of the molecule is Cc1ccc(Cc2nsc(N3CCC(CNS(=O)(=O)c4cccc(C(F)(F)F)c4)CC3)n2)cc1. The molecule has 1 fully saturated rings. The summed E-state index contributed by atoms with van der Waals surface area (Å²) in [6.45, 7) is 3.66. The highest BCUT2D eigenvalue weighted by molar-refractivity contribution is 7.89. The largest absolute Gasteiger partial charge is 0.416 e. The smallest absolute Gasteiger partial charge is 0.347 e. The first-order valence-corrected chi connectivity index (χ1v) is 13.2. The minimum absolute atomic E-state index is 0.0942. The average molecular weight is 511 g/mol. The number of aromatic nitrogens is 2. The fraction of sp³-hybridized carbons (Fsp3) is 0.391. The molecule has 6 nitrogen and oxygen atoms in total. The van der Waals surface area contributed by atoms with E-state index in [1.54, 1.807) is 0 Å². The van der Waals surface area contributed by atoms with Gasteiger partial charge in [-0.3, -0.25) is 0 Å². The van der Waals surface area contributed by atoms with Crippen LogP contribution in [0.4, 0.5) is 18.3 Å². The Morgan fingerprint density at radius 1 is 1.12 bits per heavy atom. The third-order valence-corrected chi connectivity index (χ3v) is 8.10. The van der Waals surface area contributed by atoms with Crippen molar-refractivity contribution < 1.29 is 21.6 Å². The van der Waals surface area contributed by atoms with Crippen LogP contribution in [0.2, 0.25) is 0 Å². The van der Waals surface area contributed by atoms with Crippen LogP contribution in [0.15, 0.2) is 53.4 Å². The van der Waals surface area contributed by atoms with Crippen LogP contribution < -0.4 is 9.62 Å². The summed E-state index contributed by atoms with van der Waals surface area (Å²) in [5.74, 6) is 0.872. The molecule has 0 bridgehead atoms. The van der Waals surface area contributed by atoms with Crippen LogP contribution in [-0.4, -0.2) is 37.4 Å². The van der Waals surface area contributed by atoms with Gasteiger partial charge in [0.2, 0.25) is 15.2 Å². The van der Waals surface area contributed by atoms with Crippen molar-refractivity contribution in [2.75, 3.05) is 24.5 Å². The van der Waals surface area contributed by atoms with Gasteiger partial charge < -0.3 is 4.90 Å². The summed E-state index contributed by atoms with van der Waals surface area (Å²) in [5.41, 5.74) is 1.37. The number of benzene rings is 2. The predicted molar refractivity (Wildman–Crippen MR) is 125 cm³/mol. The van der Waals surface area contributed by atoms with Gasteiger partial charge in [0, 0.05) is 37.6 Å². The van der Waals surface area contributed by atoms with E-state index in [0.29, 0.717) is 12.5 Å². The van der Waals surface area contributed by atoms with Gasteiger partial charge in [-0.1, -0.05) is 35.9 Å². The Bertz CT molecular complexity index is 1220. The van der Waals surface area contributed by atoms with E-state index in [-0.39, 0.29) is 17.4 Å². The number of anilines is 1. The Labute approximate surface area is 201 Å². The first-order chi connectivity index (χ1) is 16.1. The van der Waals surface area contributed by atoms with Crippen molar-refractivity contribution in [2.45, 2.75) is 37.3 Å². The number of halogens is 3. The van der Waals surface area contributed by atoms with Crippen molar-refractivity contribution in [1.29, 1.82) is 0 Å². The van der Waals surface area contributed by atoms with Gasteiger partial charge in [-0.25, -0.2) is 18.1 Å². The second-order valence-electron chi connectivity index (χ2n) is 8.46. The standard InChI is InChI=1S/C23H25F3N4O2S2/c1-16-5-7-17(8-6-16)13-21-28-22(33-29-21)30-11-9-18(10-12-30)15-27-34(31,32)20-4-2-3-19(14-20)23(24,25)26/h2-8,14,18,27H,9-13,15H2,1H3. The summed E-state index contributed by atoms with van der Waals surface area (Å²) >= 11 is 1.36. The number of rotatable bonds is 7. The Kier molecular flexibility index (Phi) is 7.25. The summed E-state index contributed by atoms with van der Waals surface area (Å²) in [5, 5.41) is 0.852.